The van der Waals surface area contributed by atoms with E-state index in [-0.39, 0.29) is 5.82 Å². The Morgan fingerprint density at radius 1 is 1.11 bits per heavy atom. The molecule has 1 aliphatic rings. The number of aryl methyl sites for hydroxylation is 1. The number of fused-ring (bicyclic) bond motifs is 1. The van der Waals surface area contributed by atoms with Crippen molar-refractivity contribution in [3.05, 3.63) is 72.2 Å². The van der Waals surface area contributed by atoms with E-state index in [9.17, 15) is 4.39 Å². The number of anilines is 2. The Labute approximate surface area is 164 Å². The molecule has 0 N–H and O–H groups in total. The summed E-state index contributed by atoms with van der Waals surface area (Å²) >= 11 is 0. The number of likely N-dealkylation sites (N-methyl/N-ethyl adjacent to an activating group) is 1. The Morgan fingerprint density at radius 2 is 1.96 bits per heavy atom. The van der Waals surface area contributed by atoms with Gasteiger partial charge in [0.1, 0.15) is 18.2 Å². The third-order valence-electron chi connectivity index (χ3n) is 5.08. The summed E-state index contributed by atoms with van der Waals surface area (Å²) in [4.78, 5) is 8.95. The van der Waals surface area contributed by atoms with Crippen LogP contribution in [0.5, 0.6) is 5.75 Å². The van der Waals surface area contributed by atoms with Crippen molar-refractivity contribution in [1.29, 1.82) is 0 Å². The van der Waals surface area contributed by atoms with E-state index in [1.165, 1.54) is 6.07 Å². The summed E-state index contributed by atoms with van der Waals surface area (Å²) < 4.78 is 19.8. The molecular formula is C23H24FN3O. The number of benzene rings is 2. The summed E-state index contributed by atoms with van der Waals surface area (Å²) in [7, 11) is 2.08. The van der Waals surface area contributed by atoms with Crippen molar-refractivity contribution in [3.63, 3.8) is 0 Å². The van der Waals surface area contributed by atoms with Gasteiger partial charge in [0.2, 0.25) is 0 Å². The van der Waals surface area contributed by atoms with Gasteiger partial charge >= 0.3 is 0 Å². The first kappa shape index (κ1) is 18.4. The molecule has 0 unspecified atom stereocenters. The van der Waals surface area contributed by atoms with Gasteiger partial charge in [0.25, 0.3) is 0 Å². The Morgan fingerprint density at radius 3 is 2.79 bits per heavy atom. The molecule has 0 radical (unpaired) electrons. The zero-order valence-corrected chi connectivity index (χ0v) is 16.3. The lowest BCUT2D eigenvalue weighted by Crippen LogP contribution is -2.32. The second-order valence-electron chi connectivity index (χ2n) is 7.37. The fraction of sp³-hybridized carbons (Fsp3) is 0.261. The molecule has 0 aliphatic carbocycles. The lowest BCUT2D eigenvalue weighted by molar-refractivity contribution is 0.315. The third kappa shape index (κ3) is 3.71. The van der Waals surface area contributed by atoms with Gasteiger partial charge in [-0.25, -0.2) is 4.39 Å². The van der Waals surface area contributed by atoms with Crippen LogP contribution in [-0.2, 0) is 0 Å². The average molecular weight is 377 g/mol. The van der Waals surface area contributed by atoms with Gasteiger partial charge in [-0.3, -0.25) is 4.98 Å². The maximum atomic E-state index is 13.9. The molecule has 4 rings (SSSR count). The van der Waals surface area contributed by atoms with Crippen LogP contribution in [0.3, 0.4) is 0 Å². The van der Waals surface area contributed by atoms with Crippen LogP contribution < -0.4 is 9.64 Å². The molecule has 0 saturated heterocycles. The van der Waals surface area contributed by atoms with Crippen LogP contribution in [0.2, 0.25) is 0 Å². The number of hydrogen-bond donors (Lipinski definition) is 0. The Bertz CT molecular complexity index is 1030. The predicted molar refractivity (Wildman–Crippen MR) is 112 cm³/mol. The van der Waals surface area contributed by atoms with Gasteiger partial charge in [-0.2, -0.15) is 0 Å². The number of ether oxygens (including phenoxy) is 1. The lowest BCUT2D eigenvalue weighted by atomic mass is 10.1. The van der Waals surface area contributed by atoms with Crippen LogP contribution in [0, 0.1) is 12.7 Å². The molecule has 2 bridgehead atoms. The molecule has 4 nitrogen and oxygen atoms in total. The highest BCUT2D eigenvalue weighted by molar-refractivity contribution is 5.94. The molecule has 0 spiro atoms. The summed E-state index contributed by atoms with van der Waals surface area (Å²) in [5.41, 5.74) is 4.56. The molecule has 0 fully saturated rings. The Hall–Kier alpha value is -2.92. The van der Waals surface area contributed by atoms with E-state index in [1.54, 1.807) is 6.92 Å². The van der Waals surface area contributed by atoms with E-state index >= 15 is 0 Å². The van der Waals surface area contributed by atoms with Crippen LogP contribution in [0.15, 0.2) is 60.8 Å². The number of halogens is 1. The van der Waals surface area contributed by atoms with Gasteiger partial charge in [-0.05, 0) is 67.6 Å². The zero-order chi connectivity index (χ0) is 19.7. The molecule has 144 valence electrons. The zero-order valence-electron chi connectivity index (χ0n) is 16.3. The summed E-state index contributed by atoms with van der Waals surface area (Å²) in [5.74, 6) is 0.600. The van der Waals surface area contributed by atoms with E-state index < -0.39 is 0 Å². The first-order valence-electron chi connectivity index (χ1n) is 9.42. The smallest absolute Gasteiger partial charge is 0.126 e. The van der Waals surface area contributed by atoms with Crippen LogP contribution in [-0.4, -0.2) is 43.2 Å². The van der Waals surface area contributed by atoms with Crippen molar-refractivity contribution in [1.82, 2.24) is 9.88 Å². The molecule has 3 aromatic rings. The van der Waals surface area contributed by atoms with Crippen molar-refractivity contribution in [2.24, 2.45) is 0 Å². The van der Waals surface area contributed by atoms with Gasteiger partial charge in [0.15, 0.2) is 0 Å². The summed E-state index contributed by atoms with van der Waals surface area (Å²) in [6.45, 7) is 8.78. The van der Waals surface area contributed by atoms with Crippen molar-refractivity contribution in [3.8, 4) is 5.75 Å². The van der Waals surface area contributed by atoms with Gasteiger partial charge in [-0.15, -0.1) is 0 Å². The largest absolute Gasteiger partial charge is 0.489 e. The number of nitrogens with zero attached hydrogens (tertiary/aromatic N) is 3. The lowest BCUT2D eigenvalue weighted by Gasteiger charge is -2.30. The fourth-order valence-electron chi connectivity index (χ4n) is 3.58. The van der Waals surface area contributed by atoms with E-state index in [2.05, 4.69) is 28.4 Å². The topological polar surface area (TPSA) is 28.6 Å². The Balaban J connectivity index is 1.88. The summed E-state index contributed by atoms with van der Waals surface area (Å²) in [6, 6.07) is 13.2. The summed E-state index contributed by atoms with van der Waals surface area (Å²) in [6.07, 6.45) is 1.82. The highest BCUT2D eigenvalue weighted by Crippen LogP contribution is 2.34. The minimum atomic E-state index is -0.193. The van der Waals surface area contributed by atoms with Crippen molar-refractivity contribution in [2.75, 3.05) is 38.2 Å². The second-order valence-corrected chi connectivity index (χ2v) is 7.37. The molecule has 1 aromatic heterocycles. The summed E-state index contributed by atoms with van der Waals surface area (Å²) in [5, 5.41) is 1.01. The van der Waals surface area contributed by atoms with E-state index in [4.69, 9.17) is 4.74 Å². The molecule has 0 saturated carbocycles. The quantitative estimate of drug-likeness (QED) is 0.575. The van der Waals surface area contributed by atoms with Crippen LogP contribution >= 0.6 is 0 Å². The number of hydrogen-bond acceptors (Lipinski definition) is 4. The molecule has 2 aromatic carbocycles. The van der Waals surface area contributed by atoms with E-state index in [1.807, 2.05) is 42.6 Å². The van der Waals surface area contributed by atoms with Crippen LogP contribution in [0.1, 0.15) is 5.56 Å². The van der Waals surface area contributed by atoms with Gasteiger partial charge in [0, 0.05) is 36.9 Å². The van der Waals surface area contributed by atoms with Gasteiger partial charge < -0.3 is 14.5 Å². The maximum absolute atomic E-state index is 13.9. The molecule has 2 heterocycles. The predicted octanol–water partition coefficient (Wildman–Crippen LogP) is 4.70. The van der Waals surface area contributed by atoms with Gasteiger partial charge in [-0.1, -0.05) is 6.58 Å². The monoisotopic (exact) mass is 377 g/mol. The normalized spacial score (nSPS) is 16.0. The molecule has 1 aliphatic heterocycles. The van der Waals surface area contributed by atoms with Gasteiger partial charge in [0.05, 0.1) is 11.2 Å². The number of rotatable bonds is 1. The third-order valence-corrected chi connectivity index (χ3v) is 5.08. The van der Waals surface area contributed by atoms with Crippen molar-refractivity contribution >= 4 is 22.3 Å². The molecule has 5 heteroatoms. The number of aromatic nitrogens is 1. The highest BCUT2D eigenvalue weighted by atomic mass is 19.1. The van der Waals surface area contributed by atoms with Crippen molar-refractivity contribution < 1.29 is 9.13 Å². The first-order valence-corrected chi connectivity index (χ1v) is 9.42. The highest BCUT2D eigenvalue weighted by Gasteiger charge is 2.17. The minimum absolute atomic E-state index is 0.193. The average Bonchev–Trinajstić information content (AvgIpc) is 2.68. The first-order chi connectivity index (χ1) is 13.5. The standard InChI is InChI=1S/C23H24FN3O/c1-16-14-26(3)10-11-27(18-4-6-21(24)17(2)12-18)23-8-9-25-22-7-5-19(28-15-16)13-20(22)23/h4-9,12-13H,1,10-11,14-15H2,2-3H3. The van der Waals surface area contributed by atoms with E-state index in [0.717, 1.165) is 53.2 Å². The fourth-order valence-corrected chi connectivity index (χ4v) is 3.58. The molecule has 28 heavy (non-hydrogen) atoms. The Kier molecular flexibility index (Phi) is 5.01. The minimum Gasteiger partial charge on any atom is -0.489 e. The molecule has 0 amide bonds. The maximum Gasteiger partial charge on any atom is 0.126 e. The van der Waals surface area contributed by atoms with E-state index in [0.29, 0.717) is 12.2 Å². The molecule has 0 atom stereocenters. The SMILES string of the molecule is C=C1COc2ccc3nccc(c3c2)N(c2ccc(F)c(C)c2)CCN(C)C1. The van der Waals surface area contributed by atoms with Crippen LogP contribution in [0.25, 0.3) is 10.9 Å². The van der Waals surface area contributed by atoms with Crippen molar-refractivity contribution in [2.45, 2.75) is 6.92 Å². The van der Waals surface area contributed by atoms with Crippen LogP contribution in [0.4, 0.5) is 15.8 Å². The number of pyridine rings is 1. The second kappa shape index (κ2) is 7.60. The molecular weight excluding hydrogens is 353 g/mol.